The van der Waals surface area contributed by atoms with Gasteiger partial charge >= 0.3 is 18.0 Å². The monoisotopic (exact) mass is 448 g/mol. The first-order valence-electron chi connectivity index (χ1n) is 10.7. The van der Waals surface area contributed by atoms with Crippen molar-refractivity contribution in [3.63, 3.8) is 0 Å². The molecule has 0 saturated carbocycles. The highest BCUT2D eigenvalue weighted by atomic mass is 16.6. The predicted octanol–water partition coefficient (Wildman–Crippen LogP) is 2.38. The molecule has 1 saturated heterocycles. The lowest BCUT2D eigenvalue weighted by Gasteiger charge is -2.39. The van der Waals surface area contributed by atoms with Gasteiger partial charge in [-0.1, -0.05) is 0 Å². The molecule has 2 heterocycles. The molecule has 176 valence electrons. The summed E-state index contributed by atoms with van der Waals surface area (Å²) in [6.45, 7) is 10.8. The Morgan fingerprint density at radius 2 is 1.59 bits per heavy atom. The summed E-state index contributed by atoms with van der Waals surface area (Å²) in [4.78, 5) is 43.4. The summed E-state index contributed by atoms with van der Waals surface area (Å²) in [5.74, 6) is -0.568. The van der Waals surface area contributed by atoms with E-state index in [1.807, 2.05) is 34.6 Å². The molecule has 1 aliphatic heterocycles. The first-order valence-corrected chi connectivity index (χ1v) is 10.7. The van der Waals surface area contributed by atoms with Crippen molar-refractivity contribution in [2.45, 2.75) is 53.1 Å². The number of hydrogen-bond donors (Lipinski definition) is 0. The van der Waals surface area contributed by atoms with Gasteiger partial charge in [0.1, 0.15) is 5.60 Å². The molecular weight excluding hydrogens is 416 g/mol. The van der Waals surface area contributed by atoms with Crippen molar-refractivity contribution in [3.8, 4) is 5.88 Å². The second kappa shape index (κ2) is 8.60. The molecule has 0 aromatic carbocycles. The van der Waals surface area contributed by atoms with Crippen molar-refractivity contribution >= 4 is 18.0 Å². The van der Waals surface area contributed by atoms with E-state index in [0.29, 0.717) is 31.3 Å². The summed E-state index contributed by atoms with van der Waals surface area (Å²) < 4.78 is 21.2. The molecule has 0 N–H and O–H groups in total. The smallest absolute Gasteiger partial charge is 0.410 e. The molecule has 0 unspecified atom stereocenters. The Hall–Kier alpha value is -2.84. The number of esters is 2. The molecule has 0 atom stereocenters. The van der Waals surface area contributed by atoms with Gasteiger partial charge in [-0.25, -0.2) is 9.78 Å². The van der Waals surface area contributed by atoms with E-state index in [1.165, 1.54) is 14.2 Å². The van der Waals surface area contributed by atoms with Crippen molar-refractivity contribution in [2.24, 2.45) is 11.3 Å². The first kappa shape index (κ1) is 23.8. The third-order valence-corrected chi connectivity index (χ3v) is 6.02. The molecule has 1 fully saturated rings. The van der Waals surface area contributed by atoms with Crippen LogP contribution < -0.4 is 4.74 Å². The predicted molar refractivity (Wildman–Crippen MR) is 114 cm³/mol. The fourth-order valence-electron chi connectivity index (χ4n) is 4.27. The lowest BCUT2D eigenvalue weighted by Crippen LogP contribution is -2.53. The summed E-state index contributed by atoms with van der Waals surface area (Å²) in [6.07, 6.45) is 0.0523. The maximum atomic E-state index is 12.5. The summed E-state index contributed by atoms with van der Waals surface area (Å²) >= 11 is 0. The van der Waals surface area contributed by atoms with Crippen LogP contribution in [0.1, 0.15) is 43.2 Å². The minimum absolute atomic E-state index is 0.182. The van der Waals surface area contributed by atoms with Crippen LogP contribution in [0.5, 0.6) is 5.88 Å². The Morgan fingerprint density at radius 1 is 1.03 bits per heavy atom. The van der Waals surface area contributed by atoms with E-state index in [2.05, 4.69) is 4.98 Å². The maximum Gasteiger partial charge on any atom is 0.410 e. The number of hydrogen-bond acceptors (Lipinski definition) is 8. The molecule has 9 heteroatoms. The van der Waals surface area contributed by atoms with Gasteiger partial charge in [0, 0.05) is 43.1 Å². The summed E-state index contributed by atoms with van der Waals surface area (Å²) in [6, 6.07) is 0. The van der Waals surface area contributed by atoms with Crippen LogP contribution in [-0.4, -0.2) is 67.4 Å². The van der Waals surface area contributed by atoms with Crippen molar-refractivity contribution < 1.29 is 33.3 Å². The van der Waals surface area contributed by atoms with Gasteiger partial charge in [0.15, 0.2) is 5.41 Å². The second-order valence-corrected chi connectivity index (χ2v) is 9.57. The Balaban J connectivity index is 1.69. The van der Waals surface area contributed by atoms with Gasteiger partial charge in [-0.3, -0.25) is 9.59 Å². The normalized spacial score (nSPS) is 17.3. The lowest BCUT2D eigenvalue weighted by atomic mass is 9.84. The molecule has 1 aromatic rings. The number of carbonyl (C=O) groups is 3. The summed E-state index contributed by atoms with van der Waals surface area (Å²) in [7, 11) is 2.53. The van der Waals surface area contributed by atoms with Crippen molar-refractivity contribution in [1.82, 2.24) is 9.88 Å². The molecule has 2 aliphatic rings. The maximum absolute atomic E-state index is 12.5. The molecule has 1 amide bonds. The standard InChI is InChI=1S/C23H32N2O7/c1-13-16-8-23(19(26)29-6,20(27)30-7)9-17(16)14(2)24-18(13)31-12-15-10-25(11-15)21(28)32-22(3,4)5/h15H,8-12H2,1-7H3. The van der Waals surface area contributed by atoms with Crippen LogP contribution in [-0.2, 0) is 36.6 Å². The van der Waals surface area contributed by atoms with Crippen LogP contribution >= 0.6 is 0 Å². The highest BCUT2D eigenvalue weighted by molar-refractivity contribution is 6.01. The molecule has 3 rings (SSSR count). The molecular formula is C23H32N2O7. The van der Waals surface area contributed by atoms with Crippen molar-refractivity contribution in [2.75, 3.05) is 33.9 Å². The van der Waals surface area contributed by atoms with E-state index < -0.39 is 23.0 Å². The highest BCUT2D eigenvalue weighted by Crippen LogP contribution is 2.43. The van der Waals surface area contributed by atoms with E-state index in [-0.39, 0.29) is 24.9 Å². The molecule has 9 nitrogen and oxygen atoms in total. The fraction of sp³-hybridized carbons (Fsp3) is 0.652. The van der Waals surface area contributed by atoms with Crippen LogP contribution in [0.15, 0.2) is 0 Å². The minimum Gasteiger partial charge on any atom is -0.477 e. The highest BCUT2D eigenvalue weighted by Gasteiger charge is 2.53. The van der Waals surface area contributed by atoms with Gasteiger partial charge in [0.05, 0.1) is 20.8 Å². The Labute approximate surface area is 188 Å². The van der Waals surface area contributed by atoms with Gasteiger partial charge in [0.25, 0.3) is 0 Å². The first-order chi connectivity index (χ1) is 14.9. The largest absolute Gasteiger partial charge is 0.477 e. The van der Waals surface area contributed by atoms with E-state index in [4.69, 9.17) is 18.9 Å². The quantitative estimate of drug-likeness (QED) is 0.384. The summed E-state index contributed by atoms with van der Waals surface area (Å²) in [5.41, 5.74) is 1.30. The Kier molecular flexibility index (Phi) is 6.40. The summed E-state index contributed by atoms with van der Waals surface area (Å²) in [5, 5.41) is 0. The molecule has 0 spiro atoms. The number of methoxy groups -OCH3 is 2. The molecule has 1 aromatic heterocycles. The second-order valence-electron chi connectivity index (χ2n) is 9.57. The van der Waals surface area contributed by atoms with Gasteiger partial charge < -0.3 is 23.8 Å². The van der Waals surface area contributed by atoms with E-state index >= 15 is 0 Å². The van der Waals surface area contributed by atoms with Crippen LogP contribution in [0.4, 0.5) is 4.79 Å². The van der Waals surface area contributed by atoms with Gasteiger partial charge in [-0.2, -0.15) is 0 Å². The number of amides is 1. The topological polar surface area (TPSA) is 104 Å². The van der Waals surface area contributed by atoms with Crippen LogP contribution in [0, 0.1) is 25.2 Å². The molecule has 32 heavy (non-hydrogen) atoms. The number of rotatable bonds is 5. The Bertz CT molecular complexity index is 913. The van der Waals surface area contributed by atoms with E-state index in [1.54, 1.807) is 4.90 Å². The van der Waals surface area contributed by atoms with Crippen molar-refractivity contribution in [1.29, 1.82) is 0 Å². The number of carbonyl (C=O) groups excluding carboxylic acids is 3. The number of fused-ring (bicyclic) bond motifs is 1. The lowest BCUT2D eigenvalue weighted by molar-refractivity contribution is -0.168. The third kappa shape index (κ3) is 4.38. The zero-order valence-electron chi connectivity index (χ0n) is 19.9. The van der Waals surface area contributed by atoms with Gasteiger partial charge in [0.2, 0.25) is 5.88 Å². The number of pyridine rings is 1. The van der Waals surface area contributed by atoms with Gasteiger partial charge in [-0.15, -0.1) is 0 Å². The minimum atomic E-state index is -1.40. The third-order valence-electron chi connectivity index (χ3n) is 6.02. The number of likely N-dealkylation sites (tertiary alicyclic amines) is 1. The molecule has 0 bridgehead atoms. The van der Waals surface area contributed by atoms with Crippen LogP contribution in [0.25, 0.3) is 0 Å². The average Bonchev–Trinajstić information content (AvgIpc) is 3.10. The number of nitrogens with zero attached hydrogens (tertiary/aromatic N) is 2. The van der Waals surface area contributed by atoms with Gasteiger partial charge in [-0.05, 0) is 45.7 Å². The van der Waals surface area contributed by atoms with Crippen LogP contribution in [0.2, 0.25) is 0 Å². The Morgan fingerprint density at radius 3 is 2.12 bits per heavy atom. The van der Waals surface area contributed by atoms with Crippen LogP contribution in [0.3, 0.4) is 0 Å². The number of aryl methyl sites for hydroxylation is 1. The number of ether oxygens (including phenoxy) is 4. The van der Waals surface area contributed by atoms with E-state index in [0.717, 1.165) is 16.7 Å². The van der Waals surface area contributed by atoms with Crippen molar-refractivity contribution in [3.05, 3.63) is 22.4 Å². The SMILES string of the molecule is COC(=O)C1(C(=O)OC)Cc2c(C)nc(OCC3CN(C(=O)OC(C)(C)C)C3)c(C)c2C1. The average molecular weight is 449 g/mol. The molecule has 0 radical (unpaired) electrons. The molecule has 1 aliphatic carbocycles. The zero-order chi connectivity index (χ0) is 23.8. The number of aromatic nitrogens is 1. The fourth-order valence-corrected chi connectivity index (χ4v) is 4.27. The zero-order valence-corrected chi connectivity index (χ0v) is 19.9. The van der Waals surface area contributed by atoms with E-state index in [9.17, 15) is 14.4 Å².